The first-order valence-electron chi connectivity index (χ1n) is 9.10. The van der Waals surface area contributed by atoms with Crippen LogP contribution in [0.3, 0.4) is 0 Å². The molecule has 0 saturated carbocycles. The SMILES string of the molecule is O=C(COC(=O)c1ccccc1N1C(=O)c2ccc(Br)cc2C1=O)c1ccc(Br)cc1. The molecule has 1 heterocycles. The van der Waals surface area contributed by atoms with Crippen LogP contribution >= 0.6 is 31.9 Å². The van der Waals surface area contributed by atoms with Crippen molar-refractivity contribution in [3.63, 3.8) is 0 Å². The Bertz CT molecular complexity index is 1240. The molecule has 0 saturated heterocycles. The van der Waals surface area contributed by atoms with E-state index in [-0.39, 0.29) is 28.2 Å². The lowest BCUT2D eigenvalue weighted by Crippen LogP contribution is -2.31. The number of ketones is 1. The molecular formula is C23H13Br2NO5. The highest BCUT2D eigenvalue weighted by Gasteiger charge is 2.38. The van der Waals surface area contributed by atoms with Gasteiger partial charge in [-0.2, -0.15) is 0 Å². The van der Waals surface area contributed by atoms with Gasteiger partial charge in [-0.1, -0.05) is 56.1 Å². The zero-order valence-corrected chi connectivity index (χ0v) is 19.0. The molecule has 3 aromatic carbocycles. The van der Waals surface area contributed by atoms with Crippen molar-refractivity contribution in [2.75, 3.05) is 11.5 Å². The molecule has 2 amide bonds. The lowest BCUT2D eigenvalue weighted by atomic mass is 10.1. The van der Waals surface area contributed by atoms with Crippen LogP contribution in [0.2, 0.25) is 0 Å². The molecular weight excluding hydrogens is 530 g/mol. The Kier molecular flexibility index (Phi) is 5.84. The molecule has 0 aromatic heterocycles. The normalized spacial score (nSPS) is 12.6. The summed E-state index contributed by atoms with van der Waals surface area (Å²) in [6.07, 6.45) is 0. The van der Waals surface area contributed by atoms with Gasteiger partial charge in [0.25, 0.3) is 11.8 Å². The summed E-state index contributed by atoms with van der Waals surface area (Å²) in [7, 11) is 0. The average molecular weight is 543 g/mol. The van der Waals surface area contributed by atoms with Crippen molar-refractivity contribution in [1.29, 1.82) is 0 Å². The number of imide groups is 1. The molecule has 0 spiro atoms. The molecule has 3 aromatic rings. The van der Waals surface area contributed by atoms with E-state index < -0.39 is 24.4 Å². The Labute approximate surface area is 194 Å². The summed E-state index contributed by atoms with van der Waals surface area (Å²) in [4.78, 5) is 51.7. The fraction of sp³-hybridized carbons (Fsp3) is 0.0435. The lowest BCUT2D eigenvalue weighted by molar-refractivity contribution is 0.0475. The molecule has 31 heavy (non-hydrogen) atoms. The number of ether oxygens (including phenoxy) is 1. The lowest BCUT2D eigenvalue weighted by Gasteiger charge is -2.17. The molecule has 0 fully saturated rings. The summed E-state index contributed by atoms with van der Waals surface area (Å²) in [6, 6.07) is 17.6. The maximum atomic E-state index is 12.9. The zero-order valence-electron chi connectivity index (χ0n) is 15.8. The van der Waals surface area contributed by atoms with Crippen LogP contribution in [0.25, 0.3) is 0 Å². The third kappa shape index (κ3) is 4.08. The van der Waals surface area contributed by atoms with Gasteiger partial charge in [0.05, 0.1) is 22.4 Å². The number of para-hydroxylation sites is 1. The minimum absolute atomic E-state index is 0.0136. The standard InChI is InChI=1S/C23H13Br2NO5/c24-14-7-5-13(6-8-14)20(27)12-31-23(30)17-3-1-2-4-19(17)26-21(28)16-10-9-15(25)11-18(16)22(26)29/h1-11H,12H2. The molecule has 8 heteroatoms. The van der Waals surface area contributed by atoms with Gasteiger partial charge in [-0.3, -0.25) is 14.4 Å². The number of esters is 1. The van der Waals surface area contributed by atoms with E-state index in [0.29, 0.717) is 10.0 Å². The molecule has 0 atom stereocenters. The highest BCUT2D eigenvalue weighted by Crippen LogP contribution is 2.32. The molecule has 154 valence electrons. The maximum Gasteiger partial charge on any atom is 0.340 e. The number of anilines is 1. The number of fused-ring (bicyclic) bond motifs is 1. The van der Waals surface area contributed by atoms with E-state index >= 15 is 0 Å². The minimum Gasteiger partial charge on any atom is -0.454 e. The van der Waals surface area contributed by atoms with Gasteiger partial charge in [-0.15, -0.1) is 0 Å². The largest absolute Gasteiger partial charge is 0.454 e. The van der Waals surface area contributed by atoms with Crippen molar-refractivity contribution >= 4 is 61.1 Å². The molecule has 1 aliphatic rings. The number of halogens is 2. The van der Waals surface area contributed by atoms with E-state index in [1.807, 2.05) is 0 Å². The predicted molar refractivity (Wildman–Crippen MR) is 120 cm³/mol. The van der Waals surface area contributed by atoms with Gasteiger partial charge in [-0.05, 0) is 42.5 Å². The fourth-order valence-corrected chi connectivity index (χ4v) is 3.83. The Morgan fingerprint density at radius 1 is 0.806 bits per heavy atom. The van der Waals surface area contributed by atoms with Crippen LogP contribution in [-0.2, 0) is 4.74 Å². The second kappa shape index (κ2) is 8.56. The minimum atomic E-state index is -0.807. The summed E-state index contributed by atoms with van der Waals surface area (Å²) in [5.74, 6) is -2.24. The summed E-state index contributed by atoms with van der Waals surface area (Å²) in [6.45, 7) is -0.468. The third-order valence-corrected chi connectivity index (χ3v) is 5.74. The number of carbonyl (C=O) groups is 4. The second-order valence-electron chi connectivity index (χ2n) is 6.66. The molecule has 0 radical (unpaired) electrons. The number of hydrogen-bond donors (Lipinski definition) is 0. The van der Waals surface area contributed by atoms with Crippen molar-refractivity contribution < 1.29 is 23.9 Å². The van der Waals surface area contributed by atoms with Gasteiger partial charge < -0.3 is 4.74 Å². The maximum absolute atomic E-state index is 12.9. The van der Waals surface area contributed by atoms with Crippen molar-refractivity contribution in [2.24, 2.45) is 0 Å². The fourth-order valence-electron chi connectivity index (χ4n) is 3.20. The third-order valence-electron chi connectivity index (χ3n) is 4.71. The first-order chi connectivity index (χ1) is 14.9. The Hall–Kier alpha value is -3.10. The topological polar surface area (TPSA) is 80.8 Å². The molecule has 0 aliphatic carbocycles. The van der Waals surface area contributed by atoms with Gasteiger partial charge in [-0.25, -0.2) is 9.69 Å². The second-order valence-corrected chi connectivity index (χ2v) is 8.49. The van der Waals surface area contributed by atoms with E-state index in [2.05, 4.69) is 31.9 Å². The molecule has 0 bridgehead atoms. The molecule has 1 aliphatic heterocycles. The highest BCUT2D eigenvalue weighted by molar-refractivity contribution is 9.10. The Balaban J connectivity index is 1.57. The number of carbonyl (C=O) groups excluding carboxylic acids is 4. The molecule has 6 nitrogen and oxygen atoms in total. The number of benzene rings is 3. The van der Waals surface area contributed by atoms with E-state index in [4.69, 9.17) is 4.74 Å². The van der Waals surface area contributed by atoms with Crippen molar-refractivity contribution in [2.45, 2.75) is 0 Å². The van der Waals surface area contributed by atoms with E-state index in [0.717, 1.165) is 9.37 Å². The van der Waals surface area contributed by atoms with Crippen LogP contribution in [-0.4, -0.2) is 30.2 Å². The first-order valence-corrected chi connectivity index (χ1v) is 10.7. The summed E-state index contributed by atoms with van der Waals surface area (Å²) >= 11 is 6.59. The summed E-state index contributed by atoms with van der Waals surface area (Å²) in [5.41, 5.74) is 1.01. The van der Waals surface area contributed by atoms with Gasteiger partial charge in [0, 0.05) is 14.5 Å². The summed E-state index contributed by atoms with van der Waals surface area (Å²) in [5, 5.41) is 0. The number of Topliss-reactive ketones (excluding diaryl/α,β-unsaturated/α-hetero) is 1. The Morgan fingerprint density at radius 3 is 2.19 bits per heavy atom. The quantitative estimate of drug-likeness (QED) is 0.256. The van der Waals surface area contributed by atoms with Crippen molar-refractivity contribution in [3.8, 4) is 0 Å². The average Bonchev–Trinajstić information content (AvgIpc) is 3.01. The molecule has 4 rings (SSSR count). The monoisotopic (exact) mass is 541 g/mol. The van der Waals surface area contributed by atoms with Crippen LogP contribution in [0, 0.1) is 0 Å². The van der Waals surface area contributed by atoms with E-state index in [1.54, 1.807) is 54.6 Å². The van der Waals surface area contributed by atoms with Gasteiger partial charge in [0.15, 0.2) is 12.4 Å². The summed E-state index contributed by atoms with van der Waals surface area (Å²) < 4.78 is 6.67. The molecule has 0 N–H and O–H groups in total. The van der Waals surface area contributed by atoms with Gasteiger partial charge in [0.1, 0.15) is 0 Å². The zero-order chi connectivity index (χ0) is 22.1. The predicted octanol–water partition coefficient (Wildman–Crippen LogP) is 5.05. The van der Waals surface area contributed by atoms with Gasteiger partial charge in [0.2, 0.25) is 0 Å². The number of rotatable bonds is 5. The number of hydrogen-bond acceptors (Lipinski definition) is 5. The molecule has 0 unspecified atom stereocenters. The van der Waals surface area contributed by atoms with Crippen LogP contribution < -0.4 is 4.90 Å². The van der Waals surface area contributed by atoms with Crippen LogP contribution in [0.4, 0.5) is 5.69 Å². The van der Waals surface area contributed by atoms with Crippen LogP contribution in [0.5, 0.6) is 0 Å². The number of amides is 2. The van der Waals surface area contributed by atoms with Crippen molar-refractivity contribution in [3.05, 3.63) is 97.9 Å². The smallest absolute Gasteiger partial charge is 0.340 e. The van der Waals surface area contributed by atoms with Crippen molar-refractivity contribution in [1.82, 2.24) is 0 Å². The first kappa shape index (κ1) is 21.1. The number of nitrogens with zero attached hydrogens (tertiary/aromatic N) is 1. The Morgan fingerprint density at radius 2 is 1.45 bits per heavy atom. The van der Waals surface area contributed by atoms with E-state index in [1.165, 1.54) is 12.1 Å². The van der Waals surface area contributed by atoms with Crippen LogP contribution in [0.15, 0.2) is 75.7 Å². The van der Waals surface area contributed by atoms with Gasteiger partial charge >= 0.3 is 5.97 Å². The van der Waals surface area contributed by atoms with Crippen LogP contribution in [0.1, 0.15) is 41.4 Å². The highest BCUT2D eigenvalue weighted by atomic mass is 79.9. The van der Waals surface area contributed by atoms with E-state index in [9.17, 15) is 19.2 Å².